The Balaban J connectivity index is 1.98. The first kappa shape index (κ1) is 16.0. The van der Waals surface area contributed by atoms with Gasteiger partial charge in [-0.05, 0) is 26.1 Å². The largest absolute Gasteiger partial charge is 0.586 e. The number of nitrogens with zero attached hydrogens (tertiary/aromatic N) is 1. The number of likely N-dealkylation sites (N-methyl/N-ethyl adjacent to an activating group) is 1. The minimum Gasteiger partial charge on any atom is -0.480 e. The molecule has 1 amide bonds. The Kier molecular flexibility index (Phi) is 4.18. The smallest absolute Gasteiger partial charge is 0.480 e. The summed E-state index contributed by atoms with van der Waals surface area (Å²) < 4.78 is 34.3. The number of ether oxygens (including phenoxy) is 2. The van der Waals surface area contributed by atoms with Crippen molar-refractivity contribution in [3.63, 3.8) is 0 Å². The SMILES string of the molecule is CC(C(=O)O)N(C)CC(=O)Nc1ccc2c(c1)OC(F)(F)O2. The van der Waals surface area contributed by atoms with Crippen LogP contribution in [0.4, 0.5) is 14.5 Å². The Morgan fingerprint density at radius 1 is 1.36 bits per heavy atom. The summed E-state index contributed by atoms with van der Waals surface area (Å²) in [6.07, 6.45) is -3.72. The van der Waals surface area contributed by atoms with Crippen molar-refractivity contribution in [3.05, 3.63) is 18.2 Å². The lowest BCUT2D eigenvalue weighted by molar-refractivity contribution is -0.286. The van der Waals surface area contributed by atoms with Crippen LogP contribution in [0.5, 0.6) is 11.5 Å². The van der Waals surface area contributed by atoms with Gasteiger partial charge in [-0.1, -0.05) is 0 Å². The second kappa shape index (κ2) is 5.76. The highest BCUT2D eigenvalue weighted by atomic mass is 19.3. The number of hydrogen-bond donors (Lipinski definition) is 2. The molecule has 1 unspecified atom stereocenters. The molecule has 1 atom stereocenters. The maximum absolute atomic E-state index is 12.9. The summed E-state index contributed by atoms with van der Waals surface area (Å²) >= 11 is 0. The summed E-state index contributed by atoms with van der Waals surface area (Å²) in [6.45, 7) is 1.27. The van der Waals surface area contributed by atoms with Gasteiger partial charge in [0.05, 0.1) is 6.54 Å². The van der Waals surface area contributed by atoms with Crippen molar-refractivity contribution in [3.8, 4) is 11.5 Å². The third-order valence-electron chi connectivity index (χ3n) is 3.10. The van der Waals surface area contributed by atoms with Gasteiger partial charge in [-0.25, -0.2) is 0 Å². The molecule has 22 heavy (non-hydrogen) atoms. The van der Waals surface area contributed by atoms with Gasteiger partial charge in [-0.3, -0.25) is 14.5 Å². The number of carboxylic acids is 1. The number of benzene rings is 1. The zero-order valence-electron chi connectivity index (χ0n) is 11.8. The number of halogens is 2. The van der Waals surface area contributed by atoms with Crippen LogP contribution < -0.4 is 14.8 Å². The van der Waals surface area contributed by atoms with Gasteiger partial charge in [0.25, 0.3) is 0 Å². The van der Waals surface area contributed by atoms with Crippen LogP contribution >= 0.6 is 0 Å². The molecule has 9 heteroatoms. The van der Waals surface area contributed by atoms with E-state index in [1.165, 1.54) is 37.1 Å². The number of aliphatic carboxylic acids is 1. The number of carbonyl (C=O) groups is 2. The summed E-state index contributed by atoms with van der Waals surface area (Å²) in [5.41, 5.74) is 0.237. The second-order valence-corrected chi connectivity index (χ2v) is 4.81. The number of hydrogen-bond acceptors (Lipinski definition) is 5. The highest BCUT2D eigenvalue weighted by Crippen LogP contribution is 2.42. The van der Waals surface area contributed by atoms with Gasteiger partial charge < -0.3 is 19.9 Å². The average molecular weight is 316 g/mol. The number of carboxylic acid groups (broad SMARTS) is 1. The van der Waals surface area contributed by atoms with Crippen LogP contribution in [-0.4, -0.2) is 47.8 Å². The van der Waals surface area contributed by atoms with Crippen LogP contribution in [0.15, 0.2) is 18.2 Å². The predicted octanol–water partition coefficient (Wildman–Crippen LogP) is 1.35. The van der Waals surface area contributed by atoms with Crippen molar-refractivity contribution in [1.29, 1.82) is 0 Å². The molecule has 0 bridgehead atoms. The average Bonchev–Trinajstić information content (AvgIpc) is 2.70. The van der Waals surface area contributed by atoms with E-state index in [2.05, 4.69) is 14.8 Å². The molecule has 0 spiro atoms. The van der Waals surface area contributed by atoms with Gasteiger partial charge in [0.2, 0.25) is 5.91 Å². The zero-order chi connectivity index (χ0) is 16.5. The number of anilines is 1. The first-order valence-electron chi connectivity index (χ1n) is 6.31. The van der Waals surface area contributed by atoms with Gasteiger partial charge in [0.15, 0.2) is 11.5 Å². The molecule has 1 aliphatic heterocycles. The third-order valence-corrected chi connectivity index (χ3v) is 3.10. The van der Waals surface area contributed by atoms with E-state index in [0.717, 1.165) is 0 Å². The number of fused-ring (bicyclic) bond motifs is 1. The maximum atomic E-state index is 12.9. The second-order valence-electron chi connectivity index (χ2n) is 4.81. The lowest BCUT2D eigenvalue weighted by atomic mass is 10.2. The number of carbonyl (C=O) groups excluding carboxylic acids is 1. The molecular weight excluding hydrogens is 302 g/mol. The first-order chi connectivity index (χ1) is 10.2. The van der Waals surface area contributed by atoms with Crippen molar-refractivity contribution >= 4 is 17.6 Å². The highest BCUT2D eigenvalue weighted by Gasteiger charge is 2.43. The molecule has 1 aromatic carbocycles. The van der Waals surface area contributed by atoms with Crippen molar-refractivity contribution in [2.24, 2.45) is 0 Å². The first-order valence-corrected chi connectivity index (χ1v) is 6.31. The number of nitrogens with one attached hydrogen (secondary N) is 1. The van der Waals surface area contributed by atoms with E-state index in [1.54, 1.807) is 0 Å². The molecule has 0 aliphatic carbocycles. The monoisotopic (exact) mass is 316 g/mol. The van der Waals surface area contributed by atoms with E-state index in [1.807, 2.05) is 0 Å². The van der Waals surface area contributed by atoms with Crippen molar-refractivity contribution in [2.75, 3.05) is 18.9 Å². The molecule has 0 radical (unpaired) electrons. The van der Waals surface area contributed by atoms with E-state index in [4.69, 9.17) is 5.11 Å². The van der Waals surface area contributed by atoms with Crippen LogP contribution in [0.3, 0.4) is 0 Å². The van der Waals surface area contributed by atoms with Crippen molar-refractivity contribution < 1.29 is 33.0 Å². The molecule has 120 valence electrons. The topological polar surface area (TPSA) is 88.1 Å². The zero-order valence-corrected chi connectivity index (χ0v) is 11.8. The van der Waals surface area contributed by atoms with E-state index >= 15 is 0 Å². The molecule has 2 N–H and O–H groups in total. The Bertz CT molecular complexity index is 608. The predicted molar refractivity (Wildman–Crippen MR) is 71.0 cm³/mol. The van der Waals surface area contributed by atoms with Crippen molar-refractivity contribution in [2.45, 2.75) is 19.3 Å². The molecule has 0 saturated heterocycles. The summed E-state index contributed by atoms with van der Waals surface area (Å²) in [4.78, 5) is 23.9. The van der Waals surface area contributed by atoms with Gasteiger partial charge >= 0.3 is 12.3 Å². The normalized spacial score (nSPS) is 16.4. The molecule has 0 saturated carbocycles. The molecule has 1 aromatic rings. The molecule has 0 aromatic heterocycles. The van der Waals surface area contributed by atoms with Gasteiger partial charge in [0.1, 0.15) is 6.04 Å². The molecule has 2 rings (SSSR count). The van der Waals surface area contributed by atoms with E-state index in [-0.39, 0.29) is 23.7 Å². The Hall–Kier alpha value is -2.42. The summed E-state index contributed by atoms with van der Waals surface area (Å²) in [5.74, 6) is -1.85. The Morgan fingerprint density at radius 2 is 2.00 bits per heavy atom. The fourth-order valence-corrected chi connectivity index (χ4v) is 1.78. The quantitative estimate of drug-likeness (QED) is 0.852. The standard InChI is InChI=1S/C13H14F2N2O5/c1-7(12(19)20)17(2)6-11(18)16-8-3-4-9-10(5-8)22-13(14,15)21-9/h3-5,7H,6H2,1-2H3,(H,16,18)(H,19,20). The minimum atomic E-state index is -3.72. The Morgan fingerprint density at radius 3 is 2.64 bits per heavy atom. The summed E-state index contributed by atoms with van der Waals surface area (Å²) in [6, 6.07) is 2.99. The number of amides is 1. The summed E-state index contributed by atoms with van der Waals surface area (Å²) in [5, 5.41) is 11.3. The van der Waals surface area contributed by atoms with E-state index in [0.29, 0.717) is 0 Å². The molecule has 1 heterocycles. The van der Waals surface area contributed by atoms with Crippen molar-refractivity contribution in [1.82, 2.24) is 4.90 Å². The lowest BCUT2D eigenvalue weighted by Gasteiger charge is -2.20. The number of rotatable bonds is 5. The maximum Gasteiger partial charge on any atom is 0.586 e. The van der Waals surface area contributed by atoms with E-state index in [9.17, 15) is 18.4 Å². The van der Waals surface area contributed by atoms with Gasteiger partial charge in [-0.2, -0.15) is 0 Å². The van der Waals surface area contributed by atoms with Gasteiger partial charge in [0, 0.05) is 11.8 Å². The van der Waals surface area contributed by atoms with Crippen LogP contribution in [-0.2, 0) is 9.59 Å². The molecule has 7 nitrogen and oxygen atoms in total. The van der Waals surface area contributed by atoms with E-state index < -0.39 is 24.2 Å². The molecular formula is C13H14F2N2O5. The Labute approximate surface area is 124 Å². The fourth-order valence-electron chi connectivity index (χ4n) is 1.78. The van der Waals surface area contributed by atoms with Crippen LogP contribution in [0.25, 0.3) is 0 Å². The number of alkyl halides is 2. The third kappa shape index (κ3) is 3.61. The lowest BCUT2D eigenvalue weighted by Crippen LogP contribution is -2.40. The van der Waals surface area contributed by atoms with Crippen LogP contribution in [0, 0.1) is 0 Å². The highest BCUT2D eigenvalue weighted by molar-refractivity contribution is 5.93. The van der Waals surface area contributed by atoms with Crippen LogP contribution in [0.2, 0.25) is 0 Å². The van der Waals surface area contributed by atoms with Crippen LogP contribution in [0.1, 0.15) is 6.92 Å². The fraction of sp³-hybridized carbons (Fsp3) is 0.385. The molecule has 0 fully saturated rings. The minimum absolute atomic E-state index is 0.125. The molecule has 1 aliphatic rings. The van der Waals surface area contributed by atoms with Gasteiger partial charge in [-0.15, -0.1) is 8.78 Å². The summed E-state index contributed by atoms with van der Waals surface area (Å²) in [7, 11) is 1.48.